The lowest BCUT2D eigenvalue weighted by molar-refractivity contribution is -0.0864. The quantitative estimate of drug-likeness (QED) is 0.761. The van der Waals surface area contributed by atoms with Gasteiger partial charge >= 0.3 is 0 Å². The zero-order valence-electron chi connectivity index (χ0n) is 11.8. The Morgan fingerprint density at radius 1 is 0.722 bits per heavy atom. The third-order valence-corrected chi connectivity index (χ3v) is 5.58. The van der Waals surface area contributed by atoms with Crippen LogP contribution in [0.3, 0.4) is 0 Å². The van der Waals surface area contributed by atoms with Gasteiger partial charge in [-0.05, 0) is 31.1 Å². The molecule has 1 saturated heterocycles. The molecule has 0 aromatic carbocycles. The summed E-state index contributed by atoms with van der Waals surface area (Å²) in [7, 11) is 0. The van der Waals surface area contributed by atoms with Crippen molar-refractivity contribution in [2.45, 2.75) is 76.2 Å². The van der Waals surface area contributed by atoms with Crippen molar-refractivity contribution >= 4 is 0 Å². The molecule has 2 aliphatic carbocycles. The number of hydrogen-bond acceptors (Lipinski definition) is 2. The van der Waals surface area contributed by atoms with Gasteiger partial charge in [0.25, 0.3) is 0 Å². The van der Waals surface area contributed by atoms with Gasteiger partial charge in [0.2, 0.25) is 0 Å². The van der Waals surface area contributed by atoms with Crippen LogP contribution in [-0.2, 0) is 0 Å². The molecule has 1 N–H and O–H groups in total. The molecule has 0 unspecified atom stereocenters. The molecule has 18 heavy (non-hydrogen) atoms. The van der Waals surface area contributed by atoms with Crippen molar-refractivity contribution in [3.8, 4) is 0 Å². The lowest BCUT2D eigenvalue weighted by Crippen LogP contribution is -2.60. The summed E-state index contributed by atoms with van der Waals surface area (Å²) in [4.78, 5) is 2.54. The van der Waals surface area contributed by atoms with E-state index in [0.29, 0.717) is 5.41 Å². The third kappa shape index (κ3) is 2.75. The van der Waals surface area contributed by atoms with Crippen molar-refractivity contribution in [2.75, 3.05) is 19.6 Å². The first-order chi connectivity index (χ1) is 8.70. The minimum atomic E-state index is -0.354. The van der Waals surface area contributed by atoms with E-state index in [9.17, 15) is 5.11 Å². The lowest BCUT2D eigenvalue weighted by Gasteiger charge is -2.54. The number of nitrogens with zero attached hydrogens (tertiary/aromatic N) is 1. The van der Waals surface area contributed by atoms with Crippen LogP contribution in [0, 0.1) is 5.41 Å². The molecule has 104 valence electrons. The molecule has 0 aromatic rings. The summed E-state index contributed by atoms with van der Waals surface area (Å²) in [5.74, 6) is 0. The predicted molar refractivity (Wildman–Crippen MR) is 74.6 cm³/mol. The second kappa shape index (κ2) is 5.13. The zero-order chi connectivity index (χ0) is 12.5. The number of rotatable bonds is 2. The summed E-state index contributed by atoms with van der Waals surface area (Å²) in [5, 5.41) is 10.7. The van der Waals surface area contributed by atoms with E-state index >= 15 is 0 Å². The van der Waals surface area contributed by atoms with Crippen LogP contribution < -0.4 is 0 Å². The Morgan fingerprint density at radius 3 is 1.83 bits per heavy atom. The first-order valence-electron chi connectivity index (χ1n) is 8.15. The summed E-state index contributed by atoms with van der Waals surface area (Å²) in [6.45, 7) is 3.50. The Kier molecular flexibility index (Phi) is 3.68. The topological polar surface area (TPSA) is 23.5 Å². The average molecular weight is 251 g/mol. The van der Waals surface area contributed by atoms with E-state index in [1.807, 2.05) is 0 Å². The summed E-state index contributed by atoms with van der Waals surface area (Å²) in [6, 6.07) is 0. The van der Waals surface area contributed by atoms with Crippen molar-refractivity contribution < 1.29 is 5.11 Å². The predicted octanol–water partition coefficient (Wildman–Crippen LogP) is 3.34. The Hall–Kier alpha value is -0.0800. The molecular weight excluding hydrogens is 222 g/mol. The fourth-order valence-electron chi connectivity index (χ4n) is 4.59. The second-order valence-corrected chi connectivity index (χ2v) is 7.34. The fraction of sp³-hybridized carbons (Fsp3) is 1.00. The number of hydrogen-bond donors (Lipinski definition) is 1. The molecule has 0 aromatic heterocycles. The van der Waals surface area contributed by atoms with Crippen molar-refractivity contribution in [3.63, 3.8) is 0 Å². The van der Waals surface area contributed by atoms with E-state index in [2.05, 4.69) is 4.90 Å². The molecule has 0 atom stereocenters. The van der Waals surface area contributed by atoms with Gasteiger partial charge in [-0.15, -0.1) is 0 Å². The third-order valence-electron chi connectivity index (χ3n) is 5.58. The maximum absolute atomic E-state index is 10.7. The Balaban J connectivity index is 1.49. The lowest BCUT2D eigenvalue weighted by atomic mass is 9.68. The highest BCUT2D eigenvalue weighted by Crippen LogP contribution is 2.44. The van der Waals surface area contributed by atoms with Crippen LogP contribution in [0.25, 0.3) is 0 Å². The molecule has 1 aliphatic heterocycles. The summed E-state index contributed by atoms with van der Waals surface area (Å²) in [5.41, 5.74) is 0.312. The Labute approximate surface area is 112 Å². The Bertz CT molecular complexity index is 267. The molecular formula is C16H29NO. The van der Waals surface area contributed by atoms with E-state index in [4.69, 9.17) is 0 Å². The first kappa shape index (κ1) is 12.9. The van der Waals surface area contributed by atoms with E-state index in [-0.39, 0.29) is 5.60 Å². The van der Waals surface area contributed by atoms with Crippen molar-refractivity contribution in [1.29, 1.82) is 0 Å². The highest BCUT2D eigenvalue weighted by Gasteiger charge is 2.45. The Morgan fingerprint density at radius 2 is 1.22 bits per heavy atom. The molecule has 2 heteroatoms. The van der Waals surface area contributed by atoms with Gasteiger partial charge in [0.15, 0.2) is 0 Å². The minimum absolute atomic E-state index is 0.354. The van der Waals surface area contributed by atoms with Crippen molar-refractivity contribution in [3.05, 3.63) is 0 Å². The minimum Gasteiger partial charge on any atom is -0.389 e. The van der Waals surface area contributed by atoms with Gasteiger partial charge in [0, 0.05) is 19.6 Å². The molecule has 3 aliphatic rings. The maximum Gasteiger partial charge on any atom is 0.0774 e. The van der Waals surface area contributed by atoms with Gasteiger partial charge in [-0.3, -0.25) is 4.90 Å². The normalized spacial score (nSPS) is 31.8. The number of likely N-dealkylation sites (tertiary alicyclic amines) is 1. The monoisotopic (exact) mass is 251 g/mol. The van der Waals surface area contributed by atoms with Crippen LogP contribution in [0.5, 0.6) is 0 Å². The van der Waals surface area contributed by atoms with Crippen molar-refractivity contribution in [2.24, 2.45) is 5.41 Å². The number of aliphatic hydroxyl groups is 1. The maximum atomic E-state index is 10.7. The van der Waals surface area contributed by atoms with E-state index in [0.717, 1.165) is 19.4 Å². The summed E-state index contributed by atoms with van der Waals surface area (Å²) < 4.78 is 0. The molecule has 1 spiro atoms. The summed E-state index contributed by atoms with van der Waals surface area (Å²) in [6.07, 6.45) is 14.4. The summed E-state index contributed by atoms with van der Waals surface area (Å²) >= 11 is 0. The van der Waals surface area contributed by atoms with Gasteiger partial charge in [-0.1, -0.05) is 44.9 Å². The fourth-order valence-corrected chi connectivity index (χ4v) is 4.59. The van der Waals surface area contributed by atoms with E-state index in [1.54, 1.807) is 0 Å². The number of β-amino-alcohol motifs (C(OH)–C–C–N with tert-alkyl or cyclic N) is 1. The van der Waals surface area contributed by atoms with Gasteiger partial charge in [0.05, 0.1) is 5.60 Å². The first-order valence-corrected chi connectivity index (χ1v) is 8.15. The van der Waals surface area contributed by atoms with Crippen molar-refractivity contribution in [1.82, 2.24) is 4.90 Å². The zero-order valence-corrected chi connectivity index (χ0v) is 11.8. The second-order valence-electron chi connectivity index (χ2n) is 7.34. The van der Waals surface area contributed by atoms with E-state index in [1.165, 1.54) is 70.9 Å². The molecule has 2 nitrogen and oxygen atoms in total. The molecule has 1 heterocycles. The highest BCUT2D eigenvalue weighted by molar-refractivity contribution is 4.99. The SMILES string of the molecule is OC1(CN2CC3(CCCCC3)C2)CCCCCC1. The molecule has 3 rings (SSSR count). The van der Waals surface area contributed by atoms with Crippen LogP contribution in [-0.4, -0.2) is 35.2 Å². The molecule has 3 fully saturated rings. The van der Waals surface area contributed by atoms with Gasteiger partial charge in [-0.2, -0.15) is 0 Å². The molecule has 0 bridgehead atoms. The standard InChI is InChI=1S/C16H29NO/c18-16(10-6-1-2-7-11-16)14-17-12-15(13-17)8-4-3-5-9-15/h18H,1-14H2. The highest BCUT2D eigenvalue weighted by atomic mass is 16.3. The van der Waals surface area contributed by atoms with Gasteiger partial charge in [-0.25, -0.2) is 0 Å². The molecule has 0 radical (unpaired) electrons. The van der Waals surface area contributed by atoms with Crippen LogP contribution in [0.4, 0.5) is 0 Å². The van der Waals surface area contributed by atoms with Gasteiger partial charge in [0.1, 0.15) is 0 Å². The largest absolute Gasteiger partial charge is 0.389 e. The van der Waals surface area contributed by atoms with Crippen LogP contribution >= 0.6 is 0 Å². The van der Waals surface area contributed by atoms with E-state index < -0.39 is 0 Å². The smallest absolute Gasteiger partial charge is 0.0774 e. The van der Waals surface area contributed by atoms with Crippen LogP contribution in [0.1, 0.15) is 70.6 Å². The molecule has 0 amide bonds. The van der Waals surface area contributed by atoms with Gasteiger partial charge < -0.3 is 5.11 Å². The average Bonchev–Trinajstić information content (AvgIpc) is 2.54. The van der Waals surface area contributed by atoms with Crippen LogP contribution in [0.2, 0.25) is 0 Å². The molecule has 2 saturated carbocycles. The van der Waals surface area contributed by atoms with Crippen LogP contribution in [0.15, 0.2) is 0 Å².